The molecule has 0 aromatic carbocycles. The van der Waals surface area contributed by atoms with E-state index in [1.165, 1.54) is 38.9 Å². The molecule has 0 radical (unpaired) electrons. The minimum absolute atomic E-state index is 0.261. The Morgan fingerprint density at radius 3 is 2.20 bits per heavy atom. The zero-order chi connectivity index (χ0) is 11.4. The number of esters is 1. The van der Waals surface area contributed by atoms with Gasteiger partial charge < -0.3 is 4.74 Å². The summed E-state index contributed by atoms with van der Waals surface area (Å²) in [6.45, 7) is 2.05. The molecule has 0 fully saturated rings. The summed E-state index contributed by atoms with van der Waals surface area (Å²) in [6, 6.07) is 0. The molecule has 0 rings (SSSR count). The molecule has 0 saturated heterocycles. The number of allylic oxidation sites excluding steroid dienone is 3. The van der Waals surface area contributed by atoms with Crippen molar-refractivity contribution in [1.82, 2.24) is 0 Å². The first-order valence-electron chi connectivity index (χ1n) is 5.67. The first-order valence-corrected chi connectivity index (χ1v) is 5.67. The number of carbonyl (C=O) groups excluding carboxylic acids is 1. The predicted molar refractivity (Wildman–Crippen MR) is 63.7 cm³/mol. The van der Waals surface area contributed by atoms with Crippen LogP contribution >= 0.6 is 0 Å². The van der Waals surface area contributed by atoms with Gasteiger partial charge in [-0.2, -0.15) is 0 Å². The molecule has 0 aliphatic carbocycles. The van der Waals surface area contributed by atoms with E-state index in [2.05, 4.69) is 23.8 Å². The molecule has 0 atom stereocenters. The predicted octanol–water partition coefficient (Wildman–Crippen LogP) is 3.63. The highest BCUT2D eigenvalue weighted by atomic mass is 16.5. The van der Waals surface area contributed by atoms with Crippen LogP contribution in [0.15, 0.2) is 24.3 Å². The summed E-state index contributed by atoms with van der Waals surface area (Å²) < 4.78 is 4.49. The van der Waals surface area contributed by atoms with Crippen molar-refractivity contribution < 1.29 is 9.53 Å². The van der Waals surface area contributed by atoms with E-state index >= 15 is 0 Å². The molecule has 86 valence electrons. The molecule has 0 amide bonds. The lowest BCUT2D eigenvalue weighted by Crippen LogP contribution is -1.93. The largest absolute Gasteiger partial charge is 0.466 e. The Labute approximate surface area is 93.0 Å². The minimum Gasteiger partial charge on any atom is -0.466 e. The van der Waals surface area contributed by atoms with Crippen LogP contribution in [0.25, 0.3) is 0 Å². The number of rotatable bonds is 8. The summed E-state index contributed by atoms with van der Waals surface area (Å²) in [5.74, 6) is -0.261. The summed E-state index contributed by atoms with van der Waals surface area (Å²) in [6.07, 6.45) is 14.8. The lowest BCUT2D eigenvalue weighted by Gasteiger charge is -1.96. The summed E-state index contributed by atoms with van der Waals surface area (Å²) >= 11 is 0. The zero-order valence-electron chi connectivity index (χ0n) is 9.87. The van der Waals surface area contributed by atoms with Gasteiger partial charge in [0.2, 0.25) is 0 Å². The van der Waals surface area contributed by atoms with Crippen molar-refractivity contribution >= 4 is 5.97 Å². The van der Waals surface area contributed by atoms with Gasteiger partial charge in [-0.05, 0) is 32.6 Å². The number of hydrogen-bond donors (Lipinski definition) is 0. The second-order valence-corrected chi connectivity index (χ2v) is 3.49. The molecule has 15 heavy (non-hydrogen) atoms. The van der Waals surface area contributed by atoms with Gasteiger partial charge in [-0.3, -0.25) is 0 Å². The van der Waals surface area contributed by atoms with Crippen LogP contribution in [0.5, 0.6) is 0 Å². The molecule has 0 aromatic rings. The minimum atomic E-state index is -0.261. The lowest BCUT2D eigenvalue weighted by molar-refractivity contribution is -0.134. The Hall–Kier alpha value is -1.05. The molecular weight excluding hydrogens is 188 g/mol. The second kappa shape index (κ2) is 11.0. The van der Waals surface area contributed by atoms with Crippen LogP contribution in [-0.2, 0) is 9.53 Å². The van der Waals surface area contributed by atoms with Crippen molar-refractivity contribution in [2.75, 3.05) is 7.11 Å². The molecule has 0 unspecified atom stereocenters. The van der Waals surface area contributed by atoms with Gasteiger partial charge in [0.05, 0.1) is 7.11 Å². The third-order valence-electron chi connectivity index (χ3n) is 2.18. The average molecular weight is 210 g/mol. The van der Waals surface area contributed by atoms with Gasteiger partial charge >= 0.3 is 5.97 Å². The smallest absolute Gasteiger partial charge is 0.330 e. The molecule has 0 aromatic heterocycles. The maximum Gasteiger partial charge on any atom is 0.330 e. The van der Waals surface area contributed by atoms with Crippen LogP contribution in [0.4, 0.5) is 0 Å². The number of methoxy groups -OCH3 is 1. The molecular formula is C13H22O2. The van der Waals surface area contributed by atoms with E-state index < -0.39 is 0 Å². The van der Waals surface area contributed by atoms with Crippen LogP contribution in [0.1, 0.15) is 45.4 Å². The molecule has 0 aliphatic heterocycles. The van der Waals surface area contributed by atoms with Gasteiger partial charge in [0.15, 0.2) is 0 Å². The molecule has 0 heterocycles. The fourth-order valence-electron chi connectivity index (χ4n) is 1.29. The lowest BCUT2D eigenvalue weighted by atomic mass is 10.1. The third-order valence-corrected chi connectivity index (χ3v) is 2.18. The second-order valence-electron chi connectivity index (χ2n) is 3.49. The Bertz CT molecular complexity index is 205. The van der Waals surface area contributed by atoms with E-state index in [9.17, 15) is 4.79 Å². The van der Waals surface area contributed by atoms with Crippen molar-refractivity contribution in [2.45, 2.75) is 45.4 Å². The first kappa shape index (κ1) is 13.9. The van der Waals surface area contributed by atoms with Crippen LogP contribution < -0.4 is 0 Å². The summed E-state index contributed by atoms with van der Waals surface area (Å²) in [7, 11) is 1.40. The van der Waals surface area contributed by atoms with Crippen LogP contribution in [0.3, 0.4) is 0 Å². The maximum atomic E-state index is 10.7. The Balaban J connectivity index is 3.18. The fourth-order valence-corrected chi connectivity index (χ4v) is 1.29. The number of unbranched alkanes of at least 4 members (excludes halogenated alkanes) is 5. The zero-order valence-corrected chi connectivity index (χ0v) is 9.87. The van der Waals surface area contributed by atoms with Gasteiger partial charge in [0, 0.05) is 6.08 Å². The van der Waals surface area contributed by atoms with Crippen molar-refractivity contribution in [2.24, 2.45) is 0 Å². The topological polar surface area (TPSA) is 26.3 Å². The van der Waals surface area contributed by atoms with E-state index in [0.717, 1.165) is 12.8 Å². The van der Waals surface area contributed by atoms with Crippen LogP contribution in [0, 0.1) is 0 Å². The molecule has 0 N–H and O–H groups in total. The third kappa shape index (κ3) is 10.9. The average Bonchev–Trinajstić information content (AvgIpc) is 2.26. The highest BCUT2D eigenvalue weighted by Gasteiger charge is 1.90. The molecule has 2 nitrogen and oxygen atoms in total. The molecule has 0 aliphatic rings. The molecule has 0 spiro atoms. The van der Waals surface area contributed by atoms with Gasteiger partial charge in [-0.25, -0.2) is 4.79 Å². The monoisotopic (exact) mass is 210 g/mol. The summed E-state index contributed by atoms with van der Waals surface area (Å²) in [5, 5.41) is 0. The van der Waals surface area contributed by atoms with Crippen LogP contribution in [-0.4, -0.2) is 13.1 Å². The number of hydrogen-bond acceptors (Lipinski definition) is 2. The molecule has 0 saturated carbocycles. The Morgan fingerprint density at radius 1 is 1.07 bits per heavy atom. The number of ether oxygens (including phenoxy) is 1. The summed E-state index contributed by atoms with van der Waals surface area (Å²) in [4.78, 5) is 10.7. The van der Waals surface area contributed by atoms with E-state index in [4.69, 9.17) is 0 Å². The van der Waals surface area contributed by atoms with Crippen molar-refractivity contribution in [3.8, 4) is 0 Å². The van der Waals surface area contributed by atoms with Gasteiger partial charge in [-0.15, -0.1) is 0 Å². The standard InChI is InChI=1S/C13H22O2/c1-3-4-5-6-7-8-9-10-11-12-13(14)15-2/h3-4,11-12H,5-10H2,1-2H3/b4-3+,12-11+. The normalized spacial score (nSPS) is 11.3. The Kier molecular flexibility index (Phi) is 10.3. The molecule has 2 heteroatoms. The quantitative estimate of drug-likeness (QED) is 0.265. The highest BCUT2D eigenvalue weighted by molar-refractivity contribution is 5.81. The van der Waals surface area contributed by atoms with E-state index in [0.29, 0.717) is 0 Å². The van der Waals surface area contributed by atoms with E-state index in [1.807, 2.05) is 6.08 Å². The Morgan fingerprint density at radius 2 is 1.67 bits per heavy atom. The highest BCUT2D eigenvalue weighted by Crippen LogP contribution is 2.06. The van der Waals surface area contributed by atoms with Crippen LogP contribution in [0.2, 0.25) is 0 Å². The summed E-state index contributed by atoms with van der Waals surface area (Å²) in [5.41, 5.74) is 0. The van der Waals surface area contributed by atoms with Gasteiger partial charge in [-0.1, -0.05) is 31.1 Å². The molecule has 0 bridgehead atoms. The van der Waals surface area contributed by atoms with E-state index in [1.54, 1.807) is 0 Å². The SMILES string of the molecule is C/C=C/CCCCCC/C=C/C(=O)OC. The van der Waals surface area contributed by atoms with Crippen molar-refractivity contribution in [3.05, 3.63) is 24.3 Å². The first-order chi connectivity index (χ1) is 7.31. The van der Waals surface area contributed by atoms with Crippen molar-refractivity contribution in [3.63, 3.8) is 0 Å². The maximum absolute atomic E-state index is 10.7. The van der Waals surface area contributed by atoms with Gasteiger partial charge in [0.1, 0.15) is 0 Å². The number of carbonyl (C=O) groups is 1. The van der Waals surface area contributed by atoms with E-state index in [-0.39, 0.29) is 5.97 Å². The fraction of sp³-hybridized carbons (Fsp3) is 0.615. The van der Waals surface area contributed by atoms with Crippen molar-refractivity contribution in [1.29, 1.82) is 0 Å². The van der Waals surface area contributed by atoms with Gasteiger partial charge in [0.25, 0.3) is 0 Å².